The monoisotopic (exact) mass is 380 g/mol. The van der Waals surface area contributed by atoms with Gasteiger partial charge in [-0.1, -0.05) is 48.5 Å². The Morgan fingerprint density at radius 2 is 1.52 bits per heavy atom. The number of hydrogen-bond acceptors (Lipinski definition) is 3. The molecule has 3 aromatic carbocycles. The van der Waals surface area contributed by atoms with Crippen molar-refractivity contribution < 1.29 is 8.42 Å². The number of fused-ring (bicyclic) bond motifs is 1. The molecule has 1 aliphatic rings. The lowest BCUT2D eigenvalue weighted by Gasteiger charge is -2.36. The average molecular weight is 381 g/mol. The van der Waals surface area contributed by atoms with Crippen molar-refractivity contribution in [1.29, 1.82) is 0 Å². The van der Waals surface area contributed by atoms with E-state index in [0.717, 1.165) is 10.8 Å². The minimum atomic E-state index is -3.51. The van der Waals surface area contributed by atoms with E-state index in [4.69, 9.17) is 0 Å². The van der Waals surface area contributed by atoms with Crippen LogP contribution in [0.1, 0.15) is 11.1 Å². The molecule has 0 saturated carbocycles. The van der Waals surface area contributed by atoms with Crippen molar-refractivity contribution in [2.75, 3.05) is 31.1 Å². The summed E-state index contributed by atoms with van der Waals surface area (Å²) in [5, 5.41) is 1.74. The first kappa shape index (κ1) is 18.0. The van der Waals surface area contributed by atoms with Crippen molar-refractivity contribution in [3.63, 3.8) is 0 Å². The zero-order valence-electron chi connectivity index (χ0n) is 15.7. The van der Waals surface area contributed by atoms with Crippen LogP contribution in [0.15, 0.2) is 65.6 Å². The Hall–Kier alpha value is -2.37. The highest BCUT2D eigenvalue weighted by atomic mass is 32.2. The maximum Gasteiger partial charge on any atom is 0.243 e. The van der Waals surface area contributed by atoms with E-state index < -0.39 is 10.0 Å². The van der Waals surface area contributed by atoms with Gasteiger partial charge in [-0.05, 0) is 42.5 Å². The fourth-order valence-corrected chi connectivity index (χ4v) is 5.43. The molecule has 3 aromatic rings. The van der Waals surface area contributed by atoms with Crippen molar-refractivity contribution in [2.24, 2.45) is 0 Å². The topological polar surface area (TPSA) is 40.6 Å². The van der Waals surface area contributed by atoms with E-state index in [0.29, 0.717) is 31.1 Å². The number of sulfonamides is 1. The lowest BCUT2D eigenvalue weighted by Crippen LogP contribution is -2.48. The number of hydrogen-bond donors (Lipinski definition) is 0. The Balaban J connectivity index is 1.59. The molecule has 1 saturated heterocycles. The minimum absolute atomic E-state index is 0.404. The van der Waals surface area contributed by atoms with Gasteiger partial charge < -0.3 is 4.90 Å². The van der Waals surface area contributed by atoms with Crippen LogP contribution in [-0.2, 0) is 10.0 Å². The normalized spacial score (nSPS) is 16.0. The third kappa shape index (κ3) is 3.33. The Morgan fingerprint density at radius 1 is 0.815 bits per heavy atom. The molecule has 0 radical (unpaired) electrons. The summed E-state index contributed by atoms with van der Waals surface area (Å²) in [5.41, 5.74) is 3.66. The van der Waals surface area contributed by atoms with Gasteiger partial charge in [-0.25, -0.2) is 8.42 Å². The zero-order valence-corrected chi connectivity index (χ0v) is 16.5. The molecule has 0 spiro atoms. The maximum absolute atomic E-state index is 13.3. The molecule has 0 aliphatic carbocycles. The number of benzene rings is 3. The summed E-state index contributed by atoms with van der Waals surface area (Å²) in [6, 6.07) is 19.6. The smallest absolute Gasteiger partial charge is 0.243 e. The van der Waals surface area contributed by atoms with E-state index >= 15 is 0 Å². The molecule has 0 amide bonds. The van der Waals surface area contributed by atoms with Gasteiger partial charge in [0.1, 0.15) is 0 Å². The predicted octanol–water partition coefficient (Wildman–Crippen LogP) is 3.97. The number of piperazine rings is 1. The van der Waals surface area contributed by atoms with Crippen LogP contribution in [0.3, 0.4) is 0 Å². The molecular weight excluding hydrogens is 356 g/mol. The summed E-state index contributed by atoms with van der Waals surface area (Å²) >= 11 is 0. The summed E-state index contributed by atoms with van der Waals surface area (Å²) in [6.45, 7) is 6.60. The van der Waals surface area contributed by atoms with E-state index in [-0.39, 0.29) is 0 Å². The Kier molecular flexibility index (Phi) is 4.66. The van der Waals surface area contributed by atoms with Gasteiger partial charge in [0.25, 0.3) is 0 Å². The van der Waals surface area contributed by atoms with Crippen molar-refractivity contribution in [3.8, 4) is 0 Å². The van der Waals surface area contributed by atoms with Crippen molar-refractivity contribution in [2.45, 2.75) is 18.7 Å². The third-order valence-corrected chi connectivity index (χ3v) is 7.27. The standard InChI is InChI=1S/C22H24N2O2S/c1-17-10-11-18(2)21(16-17)23-12-14-24(15-13-23)27(25,26)22-9-5-7-19-6-3-4-8-20(19)22/h3-11,16H,12-15H2,1-2H3. The summed E-state index contributed by atoms with van der Waals surface area (Å²) in [4.78, 5) is 2.69. The van der Waals surface area contributed by atoms with Gasteiger partial charge in [-0.15, -0.1) is 0 Å². The highest BCUT2D eigenvalue weighted by Crippen LogP contribution is 2.28. The van der Waals surface area contributed by atoms with Crippen LogP contribution < -0.4 is 4.90 Å². The van der Waals surface area contributed by atoms with E-state index in [1.54, 1.807) is 10.4 Å². The van der Waals surface area contributed by atoms with Crippen molar-refractivity contribution in [1.82, 2.24) is 4.31 Å². The lowest BCUT2D eigenvalue weighted by atomic mass is 10.1. The Morgan fingerprint density at radius 3 is 2.30 bits per heavy atom. The van der Waals surface area contributed by atoms with Crippen LogP contribution >= 0.6 is 0 Å². The summed E-state index contributed by atoms with van der Waals surface area (Å²) < 4.78 is 28.2. The van der Waals surface area contributed by atoms with Gasteiger partial charge in [-0.2, -0.15) is 4.31 Å². The highest BCUT2D eigenvalue weighted by molar-refractivity contribution is 7.89. The molecule has 27 heavy (non-hydrogen) atoms. The fourth-order valence-electron chi connectivity index (χ4n) is 3.79. The molecule has 140 valence electrons. The van der Waals surface area contributed by atoms with Crippen LogP contribution in [0.4, 0.5) is 5.69 Å². The van der Waals surface area contributed by atoms with Gasteiger partial charge in [0, 0.05) is 37.3 Å². The molecule has 0 unspecified atom stereocenters. The SMILES string of the molecule is Cc1ccc(C)c(N2CCN(S(=O)(=O)c3cccc4ccccc34)CC2)c1. The summed E-state index contributed by atoms with van der Waals surface area (Å²) in [6.07, 6.45) is 0. The Bertz CT molecular complexity index is 1080. The largest absolute Gasteiger partial charge is 0.369 e. The maximum atomic E-state index is 13.3. The molecule has 4 rings (SSSR count). The average Bonchev–Trinajstić information content (AvgIpc) is 2.69. The first-order valence-corrected chi connectivity index (χ1v) is 10.7. The van der Waals surface area contributed by atoms with Gasteiger partial charge in [0.2, 0.25) is 10.0 Å². The second-order valence-corrected chi connectivity index (χ2v) is 9.06. The first-order valence-electron chi connectivity index (χ1n) is 9.27. The van der Waals surface area contributed by atoms with E-state index in [1.807, 2.05) is 36.4 Å². The zero-order chi connectivity index (χ0) is 19.0. The van der Waals surface area contributed by atoms with Crippen LogP contribution in [-0.4, -0.2) is 38.9 Å². The van der Waals surface area contributed by atoms with Crippen LogP contribution in [0, 0.1) is 13.8 Å². The molecule has 0 N–H and O–H groups in total. The number of aryl methyl sites for hydroxylation is 2. The fraction of sp³-hybridized carbons (Fsp3) is 0.273. The first-order chi connectivity index (χ1) is 13.0. The molecule has 0 aromatic heterocycles. The second kappa shape index (κ2) is 6.98. The molecule has 0 bridgehead atoms. The predicted molar refractivity (Wildman–Crippen MR) is 111 cm³/mol. The highest BCUT2D eigenvalue weighted by Gasteiger charge is 2.30. The molecular formula is C22H24N2O2S. The third-order valence-electron chi connectivity index (χ3n) is 5.31. The van der Waals surface area contributed by atoms with Gasteiger partial charge in [-0.3, -0.25) is 0 Å². The van der Waals surface area contributed by atoms with E-state index in [1.165, 1.54) is 16.8 Å². The molecule has 1 fully saturated rings. The minimum Gasteiger partial charge on any atom is -0.369 e. The van der Waals surface area contributed by atoms with Crippen LogP contribution in [0.2, 0.25) is 0 Å². The van der Waals surface area contributed by atoms with Crippen molar-refractivity contribution >= 4 is 26.5 Å². The number of rotatable bonds is 3. The van der Waals surface area contributed by atoms with Gasteiger partial charge in [0.15, 0.2) is 0 Å². The Labute approximate surface area is 161 Å². The second-order valence-electron chi connectivity index (χ2n) is 7.16. The van der Waals surface area contributed by atoms with Crippen LogP contribution in [0.5, 0.6) is 0 Å². The molecule has 1 heterocycles. The summed E-state index contributed by atoms with van der Waals surface area (Å²) in [5.74, 6) is 0. The molecule has 1 aliphatic heterocycles. The number of anilines is 1. The molecule has 5 heteroatoms. The molecule has 4 nitrogen and oxygen atoms in total. The van der Waals surface area contributed by atoms with E-state index in [2.05, 4.69) is 36.9 Å². The molecule has 0 atom stereocenters. The van der Waals surface area contributed by atoms with Crippen molar-refractivity contribution in [3.05, 3.63) is 71.8 Å². The van der Waals surface area contributed by atoms with Crippen LogP contribution in [0.25, 0.3) is 10.8 Å². The lowest BCUT2D eigenvalue weighted by molar-refractivity contribution is 0.385. The number of nitrogens with zero attached hydrogens (tertiary/aromatic N) is 2. The van der Waals surface area contributed by atoms with Gasteiger partial charge >= 0.3 is 0 Å². The van der Waals surface area contributed by atoms with E-state index in [9.17, 15) is 8.42 Å². The quantitative estimate of drug-likeness (QED) is 0.690. The van der Waals surface area contributed by atoms with Gasteiger partial charge in [0.05, 0.1) is 4.90 Å². The summed E-state index contributed by atoms with van der Waals surface area (Å²) in [7, 11) is -3.51.